The van der Waals surface area contributed by atoms with E-state index in [0.29, 0.717) is 6.42 Å². The van der Waals surface area contributed by atoms with E-state index in [-0.39, 0.29) is 18.5 Å². The molecule has 0 fully saturated rings. The first-order valence-electron chi connectivity index (χ1n) is 16.2. The molecule has 0 aromatic carbocycles. The Bertz CT molecular complexity index is 528. The molecule has 4 nitrogen and oxygen atoms in total. The normalized spacial score (nSPS) is 12.3. The van der Waals surface area contributed by atoms with Crippen LogP contribution >= 0.6 is 0 Å². The molecule has 0 amide bonds. The lowest BCUT2D eigenvalue weighted by Gasteiger charge is -2.18. The summed E-state index contributed by atoms with van der Waals surface area (Å²) in [5.41, 5.74) is 0. The van der Waals surface area contributed by atoms with E-state index < -0.39 is 5.97 Å². The highest BCUT2D eigenvalue weighted by Crippen LogP contribution is 2.18. The summed E-state index contributed by atoms with van der Waals surface area (Å²) >= 11 is 0. The van der Waals surface area contributed by atoms with Gasteiger partial charge in [0, 0.05) is 12.8 Å². The maximum atomic E-state index is 12.5. The summed E-state index contributed by atoms with van der Waals surface area (Å²) in [4.78, 5) is 23.1. The zero-order valence-corrected chi connectivity index (χ0v) is 24.8. The van der Waals surface area contributed by atoms with Crippen LogP contribution in [0.1, 0.15) is 181 Å². The van der Waals surface area contributed by atoms with Crippen LogP contribution in [-0.4, -0.2) is 23.1 Å². The molecule has 0 bridgehead atoms. The predicted molar refractivity (Wildman–Crippen MR) is 158 cm³/mol. The summed E-state index contributed by atoms with van der Waals surface area (Å²) in [5, 5.41) is 8.74. The van der Waals surface area contributed by atoms with Crippen molar-refractivity contribution in [2.24, 2.45) is 0 Å². The number of allylic oxidation sites excluding steroid dienone is 2. The standard InChI is InChI=1S/C33H62O4/c1-3-5-7-9-11-12-13-14-15-16-17-22-26-30-33(36)37-31(27-23-19-10-8-6-4-2)28-24-20-18-21-25-29-32(34)35/h12-13,31H,3-11,14-30H2,1-2H3,(H,34,35)/b13-12-. The number of carbonyl (C=O) groups is 2. The molecule has 1 atom stereocenters. The van der Waals surface area contributed by atoms with Gasteiger partial charge in [-0.15, -0.1) is 0 Å². The number of carboxylic acids is 1. The molecular weight excluding hydrogens is 460 g/mol. The minimum atomic E-state index is -0.702. The summed E-state index contributed by atoms with van der Waals surface area (Å²) in [6.07, 6.45) is 33.6. The molecule has 0 aromatic heterocycles. The quantitative estimate of drug-likeness (QED) is 0.0602. The lowest BCUT2D eigenvalue weighted by atomic mass is 10.0. The number of carboxylic acid groups (broad SMARTS) is 1. The third-order valence-corrected chi connectivity index (χ3v) is 7.24. The van der Waals surface area contributed by atoms with E-state index >= 15 is 0 Å². The molecular formula is C33H62O4. The third-order valence-electron chi connectivity index (χ3n) is 7.24. The van der Waals surface area contributed by atoms with E-state index in [1.807, 2.05) is 0 Å². The summed E-state index contributed by atoms with van der Waals surface area (Å²) in [6, 6.07) is 0. The average Bonchev–Trinajstić information content (AvgIpc) is 2.87. The van der Waals surface area contributed by atoms with Crippen molar-refractivity contribution in [3.63, 3.8) is 0 Å². The lowest BCUT2D eigenvalue weighted by Crippen LogP contribution is -2.18. The molecule has 218 valence electrons. The Morgan fingerprint density at radius 1 is 0.568 bits per heavy atom. The number of esters is 1. The second kappa shape index (κ2) is 29.2. The fourth-order valence-corrected chi connectivity index (χ4v) is 4.82. The zero-order valence-electron chi connectivity index (χ0n) is 24.8. The summed E-state index contributed by atoms with van der Waals surface area (Å²) < 4.78 is 5.92. The highest BCUT2D eigenvalue weighted by molar-refractivity contribution is 5.69. The van der Waals surface area contributed by atoms with Crippen LogP contribution in [0.3, 0.4) is 0 Å². The molecule has 0 spiro atoms. The van der Waals surface area contributed by atoms with Gasteiger partial charge in [-0.05, 0) is 64.2 Å². The first-order chi connectivity index (χ1) is 18.1. The van der Waals surface area contributed by atoms with Crippen molar-refractivity contribution in [1.82, 2.24) is 0 Å². The van der Waals surface area contributed by atoms with Gasteiger partial charge in [-0.3, -0.25) is 9.59 Å². The number of hydrogen-bond acceptors (Lipinski definition) is 3. The minimum Gasteiger partial charge on any atom is -0.481 e. The molecule has 0 saturated carbocycles. The molecule has 0 aliphatic carbocycles. The van der Waals surface area contributed by atoms with Crippen LogP contribution in [0.25, 0.3) is 0 Å². The van der Waals surface area contributed by atoms with E-state index in [2.05, 4.69) is 26.0 Å². The fourth-order valence-electron chi connectivity index (χ4n) is 4.82. The second-order valence-corrected chi connectivity index (χ2v) is 11.0. The predicted octanol–water partition coefficient (Wildman–Crippen LogP) is 10.7. The minimum absolute atomic E-state index is 0.0107. The SMILES string of the molecule is CCCCCC/C=C\CCCCCCCC(=O)OC(CCCCCCCC)CCCCCCCC(=O)O. The Kier molecular flexibility index (Phi) is 28.2. The van der Waals surface area contributed by atoms with Crippen LogP contribution in [0.2, 0.25) is 0 Å². The average molecular weight is 523 g/mol. The van der Waals surface area contributed by atoms with E-state index in [0.717, 1.165) is 64.2 Å². The van der Waals surface area contributed by atoms with Crippen molar-refractivity contribution in [3.05, 3.63) is 12.2 Å². The number of unbranched alkanes of at least 4 members (excludes halogenated alkanes) is 18. The van der Waals surface area contributed by atoms with Gasteiger partial charge in [0.05, 0.1) is 0 Å². The lowest BCUT2D eigenvalue weighted by molar-refractivity contribution is -0.150. The van der Waals surface area contributed by atoms with Crippen molar-refractivity contribution < 1.29 is 19.4 Å². The zero-order chi connectivity index (χ0) is 27.2. The molecule has 0 heterocycles. The van der Waals surface area contributed by atoms with Crippen LogP contribution in [0, 0.1) is 0 Å². The van der Waals surface area contributed by atoms with Gasteiger partial charge in [0.2, 0.25) is 0 Å². The van der Waals surface area contributed by atoms with Crippen LogP contribution in [0.4, 0.5) is 0 Å². The number of aliphatic carboxylic acids is 1. The second-order valence-electron chi connectivity index (χ2n) is 11.0. The topological polar surface area (TPSA) is 63.6 Å². The van der Waals surface area contributed by atoms with Crippen molar-refractivity contribution in [1.29, 1.82) is 0 Å². The van der Waals surface area contributed by atoms with Crippen molar-refractivity contribution in [3.8, 4) is 0 Å². The molecule has 1 unspecified atom stereocenters. The smallest absolute Gasteiger partial charge is 0.306 e. The summed E-state index contributed by atoms with van der Waals surface area (Å²) in [5.74, 6) is -0.713. The van der Waals surface area contributed by atoms with Crippen molar-refractivity contribution in [2.45, 2.75) is 187 Å². The number of carbonyl (C=O) groups excluding carboxylic acids is 1. The number of rotatable bonds is 29. The van der Waals surface area contributed by atoms with Crippen LogP contribution in [0.5, 0.6) is 0 Å². The summed E-state index contributed by atoms with van der Waals surface area (Å²) in [6.45, 7) is 4.50. The van der Waals surface area contributed by atoms with Gasteiger partial charge in [0.1, 0.15) is 6.10 Å². The first kappa shape index (κ1) is 35.7. The highest BCUT2D eigenvalue weighted by atomic mass is 16.5. The van der Waals surface area contributed by atoms with Gasteiger partial charge in [-0.2, -0.15) is 0 Å². The third kappa shape index (κ3) is 29.1. The largest absolute Gasteiger partial charge is 0.481 e. The van der Waals surface area contributed by atoms with E-state index in [4.69, 9.17) is 9.84 Å². The molecule has 0 aliphatic rings. The van der Waals surface area contributed by atoms with Crippen LogP contribution in [0.15, 0.2) is 12.2 Å². The Labute approximate surface area is 230 Å². The Morgan fingerprint density at radius 2 is 0.973 bits per heavy atom. The van der Waals surface area contributed by atoms with E-state index in [1.165, 1.54) is 89.9 Å². The maximum Gasteiger partial charge on any atom is 0.306 e. The van der Waals surface area contributed by atoms with Gasteiger partial charge in [-0.1, -0.05) is 116 Å². The molecule has 0 aromatic rings. The van der Waals surface area contributed by atoms with Crippen LogP contribution in [-0.2, 0) is 14.3 Å². The van der Waals surface area contributed by atoms with Crippen LogP contribution < -0.4 is 0 Å². The molecule has 0 aliphatic heterocycles. The molecule has 37 heavy (non-hydrogen) atoms. The Hall–Kier alpha value is -1.32. The van der Waals surface area contributed by atoms with Crippen molar-refractivity contribution in [2.75, 3.05) is 0 Å². The molecule has 1 N–H and O–H groups in total. The van der Waals surface area contributed by atoms with E-state index in [9.17, 15) is 9.59 Å². The molecule has 0 radical (unpaired) electrons. The fraction of sp³-hybridized carbons (Fsp3) is 0.879. The first-order valence-corrected chi connectivity index (χ1v) is 16.2. The number of hydrogen-bond donors (Lipinski definition) is 1. The maximum absolute atomic E-state index is 12.5. The number of ether oxygens (including phenoxy) is 1. The van der Waals surface area contributed by atoms with Gasteiger partial charge < -0.3 is 9.84 Å². The van der Waals surface area contributed by atoms with Crippen molar-refractivity contribution >= 4 is 11.9 Å². The molecule has 0 rings (SSSR count). The van der Waals surface area contributed by atoms with Gasteiger partial charge in [0.25, 0.3) is 0 Å². The monoisotopic (exact) mass is 522 g/mol. The Morgan fingerprint density at radius 3 is 1.49 bits per heavy atom. The molecule has 0 saturated heterocycles. The summed E-state index contributed by atoms with van der Waals surface area (Å²) in [7, 11) is 0. The molecule has 4 heteroatoms. The Balaban J connectivity index is 3.96. The van der Waals surface area contributed by atoms with E-state index in [1.54, 1.807) is 0 Å². The van der Waals surface area contributed by atoms with Gasteiger partial charge in [0.15, 0.2) is 0 Å². The van der Waals surface area contributed by atoms with Gasteiger partial charge in [-0.25, -0.2) is 0 Å². The highest BCUT2D eigenvalue weighted by Gasteiger charge is 2.14. The van der Waals surface area contributed by atoms with Gasteiger partial charge >= 0.3 is 11.9 Å².